The highest BCUT2D eigenvalue weighted by atomic mass is 32.2. The number of anilines is 1. The maximum absolute atomic E-state index is 13.0. The highest BCUT2D eigenvalue weighted by Gasteiger charge is 2.52. The van der Waals surface area contributed by atoms with Crippen molar-refractivity contribution in [2.75, 3.05) is 16.8 Å². The second-order valence-corrected chi connectivity index (χ2v) is 8.31. The van der Waals surface area contributed by atoms with Crippen LogP contribution in [-0.2, 0) is 9.59 Å². The van der Waals surface area contributed by atoms with Gasteiger partial charge in [0.15, 0.2) is 0 Å². The van der Waals surface area contributed by atoms with Crippen molar-refractivity contribution >= 4 is 41.0 Å². The lowest BCUT2D eigenvalue weighted by molar-refractivity contribution is -0.178. The van der Waals surface area contributed by atoms with Gasteiger partial charge in [0.1, 0.15) is 6.04 Å². The van der Waals surface area contributed by atoms with Gasteiger partial charge in [0.2, 0.25) is 11.8 Å². The summed E-state index contributed by atoms with van der Waals surface area (Å²) in [6, 6.07) is 5.51. The SMILES string of the molecule is O=C1CC(C(F)(F)F)C(C(=O)Nc2cccc(C3SCCS3)c2)N1. The smallest absolute Gasteiger partial charge is 0.344 e. The van der Waals surface area contributed by atoms with E-state index in [0.29, 0.717) is 5.69 Å². The minimum atomic E-state index is -4.60. The molecule has 0 aromatic heterocycles. The van der Waals surface area contributed by atoms with Gasteiger partial charge in [0.05, 0.1) is 10.5 Å². The van der Waals surface area contributed by atoms with Crippen molar-refractivity contribution < 1.29 is 22.8 Å². The van der Waals surface area contributed by atoms with E-state index in [9.17, 15) is 22.8 Å². The Balaban J connectivity index is 1.72. The molecule has 3 rings (SSSR count). The molecule has 2 aliphatic rings. The maximum Gasteiger partial charge on any atom is 0.394 e. The predicted octanol–water partition coefficient (Wildman–Crippen LogP) is 3.17. The summed E-state index contributed by atoms with van der Waals surface area (Å²) in [6.07, 6.45) is -5.31. The van der Waals surface area contributed by atoms with Crippen LogP contribution in [0.3, 0.4) is 0 Å². The summed E-state index contributed by atoms with van der Waals surface area (Å²) in [6.45, 7) is 0. The molecule has 1 aromatic rings. The van der Waals surface area contributed by atoms with E-state index in [1.807, 2.05) is 6.07 Å². The van der Waals surface area contributed by atoms with Crippen LogP contribution in [0.2, 0.25) is 0 Å². The van der Waals surface area contributed by atoms with E-state index in [-0.39, 0.29) is 4.58 Å². The van der Waals surface area contributed by atoms with Crippen molar-refractivity contribution in [1.29, 1.82) is 0 Å². The van der Waals surface area contributed by atoms with Gasteiger partial charge in [-0.25, -0.2) is 0 Å². The Morgan fingerprint density at radius 1 is 1.25 bits per heavy atom. The van der Waals surface area contributed by atoms with Crippen molar-refractivity contribution in [1.82, 2.24) is 5.32 Å². The summed E-state index contributed by atoms with van der Waals surface area (Å²) in [5.41, 5.74) is 1.45. The number of thioether (sulfide) groups is 2. The highest BCUT2D eigenvalue weighted by Crippen LogP contribution is 2.45. The van der Waals surface area contributed by atoms with E-state index in [1.165, 1.54) is 0 Å². The van der Waals surface area contributed by atoms with E-state index in [4.69, 9.17) is 0 Å². The molecule has 0 bridgehead atoms. The standard InChI is InChI=1S/C15H15F3N2O2S2/c16-15(17,18)10-7-11(21)20-12(10)13(22)19-9-3-1-2-8(6-9)14-23-4-5-24-14/h1-3,6,10,12,14H,4-5,7H2,(H,19,22)(H,20,21). The molecule has 2 fully saturated rings. The number of halogens is 3. The Hall–Kier alpha value is -1.35. The van der Waals surface area contributed by atoms with Gasteiger partial charge >= 0.3 is 6.18 Å². The van der Waals surface area contributed by atoms with Gasteiger partial charge in [-0.05, 0) is 17.7 Å². The van der Waals surface area contributed by atoms with Gasteiger partial charge in [-0.3, -0.25) is 9.59 Å². The molecule has 0 spiro atoms. The third kappa shape index (κ3) is 3.83. The normalized spacial score (nSPS) is 24.9. The lowest BCUT2D eigenvalue weighted by Gasteiger charge is -2.21. The fourth-order valence-electron chi connectivity index (χ4n) is 2.74. The molecule has 1 aromatic carbocycles. The van der Waals surface area contributed by atoms with Crippen LogP contribution in [0.1, 0.15) is 16.6 Å². The average molecular weight is 376 g/mol. The zero-order chi connectivity index (χ0) is 17.3. The van der Waals surface area contributed by atoms with Crippen molar-refractivity contribution in [2.24, 2.45) is 5.92 Å². The fraction of sp³-hybridized carbons (Fsp3) is 0.467. The van der Waals surface area contributed by atoms with Gasteiger partial charge in [0.25, 0.3) is 0 Å². The number of hydrogen-bond acceptors (Lipinski definition) is 4. The van der Waals surface area contributed by atoms with Crippen LogP contribution in [0.4, 0.5) is 18.9 Å². The molecule has 24 heavy (non-hydrogen) atoms. The maximum atomic E-state index is 13.0. The molecule has 2 heterocycles. The zero-order valence-corrected chi connectivity index (χ0v) is 14.1. The first kappa shape index (κ1) is 17.5. The van der Waals surface area contributed by atoms with Crippen molar-refractivity contribution in [3.63, 3.8) is 0 Å². The van der Waals surface area contributed by atoms with Crippen molar-refractivity contribution in [2.45, 2.75) is 23.2 Å². The van der Waals surface area contributed by atoms with Crippen LogP contribution < -0.4 is 10.6 Å². The van der Waals surface area contributed by atoms with Gasteiger partial charge < -0.3 is 10.6 Å². The first-order valence-electron chi connectivity index (χ1n) is 7.35. The molecular formula is C15H15F3N2O2S2. The Morgan fingerprint density at radius 3 is 2.62 bits per heavy atom. The molecule has 2 saturated heterocycles. The second kappa shape index (κ2) is 6.87. The molecular weight excluding hydrogens is 361 g/mol. The Morgan fingerprint density at radius 2 is 1.96 bits per heavy atom. The van der Waals surface area contributed by atoms with Crippen LogP contribution in [0.25, 0.3) is 0 Å². The van der Waals surface area contributed by atoms with Crippen LogP contribution in [0, 0.1) is 5.92 Å². The topological polar surface area (TPSA) is 58.2 Å². The average Bonchev–Trinajstić information content (AvgIpc) is 3.16. The fourth-order valence-corrected chi connectivity index (χ4v) is 5.58. The minimum absolute atomic E-state index is 0.274. The summed E-state index contributed by atoms with van der Waals surface area (Å²) >= 11 is 3.59. The van der Waals surface area contributed by atoms with Gasteiger partial charge in [-0.15, -0.1) is 23.5 Å². The van der Waals surface area contributed by atoms with E-state index < -0.39 is 36.4 Å². The third-order valence-corrected chi connectivity index (χ3v) is 6.98. The molecule has 130 valence electrons. The first-order chi connectivity index (χ1) is 11.3. The third-order valence-electron chi connectivity index (χ3n) is 3.88. The summed E-state index contributed by atoms with van der Waals surface area (Å²) in [5, 5.41) is 4.62. The molecule has 0 radical (unpaired) electrons. The van der Waals surface area contributed by atoms with Crippen LogP contribution >= 0.6 is 23.5 Å². The van der Waals surface area contributed by atoms with Crippen molar-refractivity contribution in [3.05, 3.63) is 29.8 Å². The minimum Gasteiger partial charge on any atom is -0.344 e. The quantitative estimate of drug-likeness (QED) is 0.851. The molecule has 2 aliphatic heterocycles. The number of carbonyl (C=O) groups excluding carboxylic acids is 2. The van der Waals surface area contributed by atoms with Gasteiger partial charge in [0, 0.05) is 23.6 Å². The summed E-state index contributed by atoms with van der Waals surface area (Å²) in [4.78, 5) is 23.5. The first-order valence-corrected chi connectivity index (χ1v) is 9.44. The van der Waals surface area contributed by atoms with E-state index in [0.717, 1.165) is 17.1 Å². The summed E-state index contributed by atoms with van der Waals surface area (Å²) in [5.74, 6) is -1.49. The Bertz CT molecular complexity index is 648. The number of benzene rings is 1. The molecule has 0 saturated carbocycles. The lowest BCUT2D eigenvalue weighted by atomic mass is 9.99. The molecule has 9 heteroatoms. The van der Waals surface area contributed by atoms with Crippen LogP contribution in [0.15, 0.2) is 24.3 Å². The molecule has 2 unspecified atom stereocenters. The van der Waals surface area contributed by atoms with E-state index >= 15 is 0 Å². The monoisotopic (exact) mass is 376 g/mol. The molecule has 0 aliphatic carbocycles. The van der Waals surface area contributed by atoms with Gasteiger partial charge in [-0.2, -0.15) is 13.2 Å². The largest absolute Gasteiger partial charge is 0.394 e. The summed E-state index contributed by atoms with van der Waals surface area (Å²) in [7, 11) is 0. The number of nitrogens with one attached hydrogen (secondary N) is 2. The zero-order valence-electron chi connectivity index (χ0n) is 12.4. The molecule has 2 atom stereocenters. The number of hydrogen-bond donors (Lipinski definition) is 2. The Kier molecular flexibility index (Phi) is 5.00. The number of alkyl halides is 3. The van der Waals surface area contributed by atoms with Crippen molar-refractivity contribution in [3.8, 4) is 0 Å². The van der Waals surface area contributed by atoms with Crippen LogP contribution in [-0.4, -0.2) is 35.5 Å². The molecule has 4 nitrogen and oxygen atoms in total. The van der Waals surface area contributed by atoms with E-state index in [2.05, 4.69) is 10.6 Å². The van der Waals surface area contributed by atoms with E-state index in [1.54, 1.807) is 41.7 Å². The highest BCUT2D eigenvalue weighted by molar-refractivity contribution is 8.19. The van der Waals surface area contributed by atoms with Gasteiger partial charge in [-0.1, -0.05) is 12.1 Å². The number of amides is 2. The second-order valence-electron chi connectivity index (χ2n) is 5.59. The molecule has 2 N–H and O–H groups in total. The lowest BCUT2D eigenvalue weighted by Crippen LogP contribution is -2.45. The number of rotatable bonds is 3. The summed E-state index contributed by atoms with van der Waals surface area (Å²) < 4.78 is 39.2. The molecule has 2 amide bonds. The number of carbonyl (C=O) groups is 2. The Labute approximate surface area is 145 Å². The predicted molar refractivity (Wildman–Crippen MR) is 88.8 cm³/mol. The van der Waals surface area contributed by atoms with Crippen LogP contribution in [0.5, 0.6) is 0 Å².